The van der Waals surface area contributed by atoms with Crippen LogP contribution >= 0.6 is 0 Å². The first kappa shape index (κ1) is 17.0. The maximum atomic E-state index is 12.5. The van der Waals surface area contributed by atoms with Crippen molar-refractivity contribution in [3.05, 3.63) is 35.4 Å². The van der Waals surface area contributed by atoms with Crippen LogP contribution in [0.25, 0.3) is 0 Å². The summed E-state index contributed by atoms with van der Waals surface area (Å²) in [5.74, 6) is -0.784. The third-order valence-corrected chi connectivity index (χ3v) is 5.80. The van der Waals surface area contributed by atoms with E-state index in [0.29, 0.717) is 12.3 Å². The van der Waals surface area contributed by atoms with E-state index in [0.717, 1.165) is 38.8 Å². The first-order valence-electron chi connectivity index (χ1n) is 9.11. The number of benzene rings is 1. The number of carboxylic acids is 1. The van der Waals surface area contributed by atoms with E-state index in [-0.39, 0.29) is 11.8 Å². The lowest BCUT2D eigenvalue weighted by Gasteiger charge is -2.39. The van der Waals surface area contributed by atoms with E-state index in [1.807, 2.05) is 4.90 Å². The van der Waals surface area contributed by atoms with E-state index in [2.05, 4.69) is 31.2 Å². The van der Waals surface area contributed by atoms with Gasteiger partial charge in [-0.15, -0.1) is 0 Å². The molecule has 2 aliphatic rings. The molecule has 24 heavy (non-hydrogen) atoms. The van der Waals surface area contributed by atoms with E-state index in [1.54, 1.807) is 0 Å². The van der Waals surface area contributed by atoms with Gasteiger partial charge in [0.15, 0.2) is 0 Å². The second-order valence-electron chi connectivity index (χ2n) is 7.42. The molecule has 2 unspecified atom stereocenters. The fraction of sp³-hybridized carbons (Fsp3) is 0.600. The molecule has 0 bridgehead atoms. The molecule has 0 spiro atoms. The van der Waals surface area contributed by atoms with Crippen LogP contribution in [0.2, 0.25) is 0 Å². The summed E-state index contributed by atoms with van der Waals surface area (Å²) in [6.07, 6.45) is 5.75. The first-order chi connectivity index (χ1) is 11.5. The van der Waals surface area contributed by atoms with Gasteiger partial charge in [-0.05, 0) is 56.9 Å². The Morgan fingerprint density at radius 1 is 1.04 bits per heavy atom. The van der Waals surface area contributed by atoms with Crippen molar-refractivity contribution < 1.29 is 14.7 Å². The molecular formula is C20H27NO3. The lowest BCUT2D eigenvalue weighted by Crippen LogP contribution is -2.48. The van der Waals surface area contributed by atoms with Crippen LogP contribution in [0.1, 0.15) is 43.2 Å². The van der Waals surface area contributed by atoms with Gasteiger partial charge in [0.2, 0.25) is 5.91 Å². The number of hydrogen-bond acceptors (Lipinski definition) is 2. The Kier molecular flexibility index (Phi) is 5.22. The molecule has 2 fully saturated rings. The number of nitrogens with zero attached hydrogens (tertiary/aromatic N) is 1. The molecule has 0 radical (unpaired) electrons. The maximum absolute atomic E-state index is 12.5. The minimum atomic E-state index is -0.812. The van der Waals surface area contributed by atoms with E-state index in [9.17, 15) is 9.59 Å². The molecular weight excluding hydrogens is 302 g/mol. The summed E-state index contributed by atoms with van der Waals surface area (Å²) in [4.78, 5) is 25.5. The smallest absolute Gasteiger partial charge is 0.307 e. The number of hydrogen-bond donors (Lipinski definition) is 1. The number of carbonyl (C=O) groups is 2. The number of carboxylic acid groups (broad SMARTS) is 1. The minimum Gasteiger partial charge on any atom is -0.481 e. The van der Waals surface area contributed by atoms with Crippen molar-refractivity contribution in [2.75, 3.05) is 13.1 Å². The standard InChI is InChI=1S/C20H27NO3/c1-14-2-4-15(5-3-14)6-7-16-10-12-21(13-11-16)19(22)17-8-9-18(17)20(23)24/h2-5,16-18H,6-13H2,1H3,(H,23,24). The van der Waals surface area contributed by atoms with Gasteiger partial charge >= 0.3 is 5.97 Å². The number of aliphatic carboxylic acids is 1. The summed E-state index contributed by atoms with van der Waals surface area (Å²) in [6.45, 7) is 3.69. The quantitative estimate of drug-likeness (QED) is 0.902. The molecule has 1 heterocycles. The summed E-state index contributed by atoms with van der Waals surface area (Å²) in [6, 6.07) is 8.73. The Morgan fingerprint density at radius 2 is 1.67 bits per heavy atom. The molecule has 1 aromatic carbocycles. The van der Waals surface area contributed by atoms with Gasteiger partial charge in [0.1, 0.15) is 0 Å². The summed E-state index contributed by atoms with van der Waals surface area (Å²) in [5, 5.41) is 9.12. The zero-order valence-corrected chi connectivity index (χ0v) is 14.4. The zero-order chi connectivity index (χ0) is 17.1. The number of likely N-dealkylation sites (tertiary alicyclic amines) is 1. The number of rotatable bonds is 5. The second kappa shape index (κ2) is 7.37. The SMILES string of the molecule is Cc1ccc(CCC2CCN(C(=O)C3CCC3C(=O)O)CC2)cc1. The Labute approximate surface area is 143 Å². The molecule has 3 rings (SSSR count). The van der Waals surface area contributed by atoms with Crippen molar-refractivity contribution in [3.8, 4) is 0 Å². The van der Waals surface area contributed by atoms with Crippen LogP contribution in [-0.4, -0.2) is 35.0 Å². The zero-order valence-electron chi connectivity index (χ0n) is 14.4. The summed E-state index contributed by atoms with van der Waals surface area (Å²) < 4.78 is 0. The first-order valence-corrected chi connectivity index (χ1v) is 9.11. The largest absolute Gasteiger partial charge is 0.481 e. The van der Waals surface area contributed by atoms with Gasteiger partial charge in [-0.3, -0.25) is 9.59 Å². The average molecular weight is 329 g/mol. The predicted molar refractivity (Wildman–Crippen MR) is 92.7 cm³/mol. The monoisotopic (exact) mass is 329 g/mol. The molecule has 1 saturated carbocycles. The fourth-order valence-electron chi connectivity index (χ4n) is 3.89. The number of carbonyl (C=O) groups excluding carboxylic acids is 1. The highest BCUT2D eigenvalue weighted by Gasteiger charge is 2.43. The summed E-state index contributed by atoms with van der Waals surface area (Å²) in [5.41, 5.74) is 2.68. The summed E-state index contributed by atoms with van der Waals surface area (Å²) >= 11 is 0. The lowest BCUT2D eigenvalue weighted by molar-refractivity contribution is -0.157. The van der Waals surface area contributed by atoms with Crippen LogP contribution in [0.4, 0.5) is 0 Å². The van der Waals surface area contributed by atoms with Gasteiger partial charge in [0, 0.05) is 13.1 Å². The molecule has 4 heteroatoms. The van der Waals surface area contributed by atoms with Crippen LogP contribution in [0, 0.1) is 24.7 Å². The van der Waals surface area contributed by atoms with Crippen molar-refractivity contribution in [1.82, 2.24) is 4.90 Å². The highest BCUT2D eigenvalue weighted by atomic mass is 16.4. The van der Waals surface area contributed by atoms with E-state index < -0.39 is 11.9 Å². The van der Waals surface area contributed by atoms with Crippen molar-refractivity contribution >= 4 is 11.9 Å². The maximum Gasteiger partial charge on any atom is 0.307 e. The molecule has 4 nitrogen and oxygen atoms in total. The van der Waals surface area contributed by atoms with Gasteiger partial charge in [-0.1, -0.05) is 29.8 Å². The van der Waals surface area contributed by atoms with Crippen LogP contribution in [0.3, 0.4) is 0 Å². The van der Waals surface area contributed by atoms with Crippen LogP contribution in [0.15, 0.2) is 24.3 Å². The molecule has 1 aliphatic heterocycles. The van der Waals surface area contributed by atoms with E-state index in [1.165, 1.54) is 17.5 Å². The predicted octanol–water partition coefficient (Wildman–Crippen LogP) is 3.28. The molecule has 1 aliphatic carbocycles. The van der Waals surface area contributed by atoms with E-state index in [4.69, 9.17) is 5.11 Å². The Bertz CT molecular complexity index is 587. The molecule has 1 N–H and O–H groups in total. The Morgan fingerprint density at radius 3 is 2.21 bits per heavy atom. The topological polar surface area (TPSA) is 57.6 Å². The van der Waals surface area contributed by atoms with Gasteiger partial charge in [0.25, 0.3) is 0 Å². The van der Waals surface area contributed by atoms with E-state index >= 15 is 0 Å². The highest BCUT2D eigenvalue weighted by Crippen LogP contribution is 2.37. The van der Waals surface area contributed by atoms with Gasteiger partial charge in [-0.25, -0.2) is 0 Å². The second-order valence-corrected chi connectivity index (χ2v) is 7.42. The van der Waals surface area contributed by atoms with Crippen molar-refractivity contribution in [3.63, 3.8) is 0 Å². The molecule has 1 saturated heterocycles. The third-order valence-electron chi connectivity index (χ3n) is 5.80. The van der Waals surface area contributed by atoms with Crippen molar-refractivity contribution in [1.29, 1.82) is 0 Å². The molecule has 0 aromatic heterocycles. The molecule has 1 aromatic rings. The minimum absolute atomic E-state index is 0.0747. The Balaban J connectivity index is 1.43. The molecule has 1 amide bonds. The molecule has 2 atom stereocenters. The summed E-state index contributed by atoms with van der Waals surface area (Å²) in [7, 11) is 0. The van der Waals surface area contributed by atoms with Gasteiger partial charge in [0.05, 0.1) is 11.8 Å². The van der Waals surface area contributed by atoms with Crippen LogP contribution in [0.5, 0.6) is 0 Å². The lowest BCUT2D eigenvalue weighted by atomic mass is 9.72. The van der Waals surface area contributed by atoms with Gasteiger partial charge < -0.3 is 10.0 Å². The fourth-order valence-corrected chi connectivity index (χ4v) is 3.89. The van der Waals surface area contributed by atoms with Crippen molar-refractivity contribution in [2.45, 2.75) is 45.4 Å². The van der Waals surface area contributed by atoms with Crippen LogP contribution < -0.4 is 0 Å². The Hall–Kier alpha value is -1.84. The number of aryl methyl sites for hydroxylation is 2. The normalized spacial score (nSPS) is 24.5. The van der Waals surface area contributed by atoms with Gasteiger partial charge in [-0.2, -0.15) is 0 Å². The van der Waals surface area contributed by atoms with Crippen molar-refractivity contribution in [2.24, 2.45) is 17.8 Å². The third kappa shape index (κ3) is 3.80. The highest BCUT2D eigenvalue weighted by molar-refractivity contribution is 5.86. The number of piperidine rings is 1. The molecule has 130 valence electrons. The number of amides is 1. The van der Waals surface area contributed by atoms with Crippen LogP contribution in [-0.2, 0) is 16.0 Å². The average Bonchev–Trinajstić information content (AvgIpc) is 2.53.